The second-order valence-electron chi connectivity index (χ2n) is 4.83. The molecule has 1 aliphatic rings. The molecule has 0 amide bonds. The number of halogens is 2. The third-order valence-electron chi connectivity index (χ3n) is 3.43. The largest absolute Gasteiger partial charge is 0.365 e. The Bertz CT molecular complexity index is 384. The van der Waals surface area contributed by atoms with Gasteiger partial charge in [0.05, 0.1) is 0 Å². The van der Waals surface area contributed by atoms with Gasteiger partial charge < -0.3 is 10.6 Å². The zero-order chi connectivity index (χ0) is 11.9. The van der Waals surface area contributed by atoms with E-state index >= 15 is 0 Å². The van der Waals surface area contributed by atoms with Crippen LogP contribution in [0.4, 0.5) is 5.69 Å². The summed E-state index contributed by atoms with van der Waals surface area (Å²) in [5.41, 5.74) is 7.11. The SMILES string of the molecule is CC1(C)C(N)CCN1c1cc(Cl)cc(Cl)c1. The predicted molar refractivity (Wildman–Crippen MR) is 70.5 cm³/mol. The van der Waals surface area contributed by atoms with Crippen LogP contribution in [0.5, 0.6) is 0 Å². The smallest absolute Gasteiger partial charge is 0.0497 e. The van der Waals surface area contributed by atoms with Gasteiger partial charge in [-0.1, -0.05) is 23.2 Å². The number of nitrogens with zero attached hydrogens (tertiary/aromatic N) is 1. The van der Waals surface area contributed by atoms with Crippen molar-refractivity contribution in [2.75, 3.05) is 11.4 Å². The standard InChI is InChI=1S/C12H16Cl2N2/c1-12(2)11(15)3-4-16(12)10-6-8(13)5-9(14)7-10/h5-7,11H,3-4,15H2,1-2H3. The van der Waals surface area contributed by atoms with Crippen molar-refractivity contribution in [3.63, 3.8) is 0 Å². The van der Waals surface area contributed by atoms with E-state index in [1.165, 1.54) is 0 Å². The van der Waals surface area contributed by atoms with E-state index < -0.39 is 0 Å². The van der Waals surface area contributed by atoms with E-state index in [1.807, 2.05) is 12.1 Å². The van der Waals surface area contributed by atoms with E-state index in [2.05, 4.69) is 18.7 Å². The van der Waals surface area contributed by atoms with Gasteiger partial charge in [0, 0.05) is 33.9 Å². The number of benzene rings is 1. The maximum Gasteiger partial charge on any atom is 0.0497 e. The van der Waals surface area contributed by atoms with Crippen molar-refractivity contribution in [1.82, 2.24) is 0 Å². The fraction of sp³-hybridized carbons (Fsp3) is 0.500. The zero-order valence-corrected chi connectivity index (χ0v) is 11.0. The molecule has 88 valence electrons. The second-order valence-corrected chi connectivity index (χ2v) is 5.70. The highest BCUT2D eigenvalue weighted by atomic mass is 35.5. The lowest BCUT2D eigenvalue weighted by Crippen LogP contribution is -2.48. The van der Waals surface area contributed by atoms with Crippen LogP contribution >= 0.6 is 23.2 Å². The molecule has 4 heteroatoms. The van der Waals surface area contributed by atoms with E-state index in [4.69, 9.17) is 28.9 Å². The highest BCUT2D eigenvalue weighted by Crippen LogP contribution is 2.35. The number of hydrogen-bond acceptors (Lipinski definition) is 2. The van der Waals surface area contributed by atoms with Gasteiger partial charge >= 0.3 is 0 Å². The lowest BCUT2D eigenvalue weighted by atomic mass is 9.96. The number of nitrogens with two attached hydrogens (primary N) is 1. The lowest BCUT2D eigenvalue weighted by Gasteiger charge is -2.36. The van der Waals surface area contributed by atoms with Crippen molar-refractivity contribution < 1.29 is 0 Å². The lowest BCUT2D eigenvalue weighted by molar-refractivity contribution is 0.453. The van der Waals surface area contributed by atoms with E-state index in [9.17, 15) is 0 Å². The minimum absolute atomic E-state index is 0.0476. The summed E-state index contributed by atoms with van der Waals surface area (Å²) in [4.78, 5) is 2.27. The van der Waals surface area contributed by atoms with Crippen molar-refractivity contribution in [1.29, 1.82) is 0 Å². The molecular weight excluding hydrogens is 243 g/mol. The Morgan fingerprint density at radius 2 is 1.81 bits per heavy atom. The molecule has 16 heavy (non-hydrogen) atoms. The first-order chi connectivity index (χ1) is 7.41. The van der Waals surface area contributed by atoms with Gasteiger partial charge in [-0.25, -0.2) is 0 Å². The van der Waals surface area contributed by atoms with Crippen molar-refractivity contribution >= 4 is 28.9 Å². The van der Waals surface area contributed by atoms with Crippen molar-refractivity contribution in [3.8, 4) is 0 Å². The van der Waals surface area contributed by atoms with Gasteiger partial charge in [0.1, 0.15) is 0 Å². The molecule has 1 heterocycles. The molecule has 2 nitrogen and oxygen atoms in total. The summed E-state index contributed by atoms with van der Waals surface area (Å²) in [6.45, 7) is 5.25. The van der Waals surface area contributed by atoms with Gasteiger partial charge in [-0.05, 0) is 38.5 Å². The third-order valence-corrected chi connectivity index (χ3v) is 3.86. The maximum atomic E-state index is 6.11. The monoisotopic (exact) mass is 258 g/mol. The Morgan fingerprint density at radius 3 is 2.25 bits per heavy atom. The summed E-state index contributed by atoms with van der Waals surface area (Å²) in [6, 6.07) is 5.81. The number of rotatable bonds is 1. The molecule has 1 aromatic carbocycles. The van der Waals surface area contributed by atoms with Crippen molar-refractivity contribution in [2.45, 2.75) is 31.8 Å². The zero-order valence-electron chi connectivity index (χ0n) is 9.50. The first-order valence-electron chi connectivity index (χ1n) is 5.40. The molecule has 1 saturated heterocycles. The van der Waals surface area contributed by atoms with Crippen LogP contribution in [-0.2, 0) is 0 Å². The fourth-order valence-electron chi connectivity index (χ4n) is 2.27. The van der Waals surface area contributed by atoms with E-state index in [0.29, 0.717) is 10.0 Å². The molecule has 1 fully saturated rings. The molecule has 0 bridgehead atoms. The molecule has 1 unspecified atom stereocenters. The summed E-state index contributed by atoms with van der Waals surface area (Å²) in [5.74, 6) is 0. The molecule has 2 N–H and O–H groups in total. The molecule has 0 aromatic heterocycles. The predicted octanol–water partition coefficient (Wildman–Crippen LogP) is 3.31. The number of anilines is 1. The van der Waals surface area contributed by atoms with Crippen molar-refractivity contribution in [2.24, 2.45) is 5.73 Å². The van der Waals surface area contributed by atoms with Crippen LogP contribution in [0.25, 0.3) is 0 Å². The van der Waals surface area contributed by atoms with Gasteiger partial charge in [-0.3, -0.25) is 0 Å². The summed E-state index contributed by atoms with van der Waals surface area (Å²) in [6.07, 6.45) is 0.997. The molecule has 1 atom stereocenters. The fourth-order valence-corrected chi connectivity index (χ4v) is 2.78. The first kappa shape index (κ1) is 12.0. The Morgan fingerprint density at radius 1 is 1.25 bits per heavy atom. The Labute approximate surface area is 106 Å². The first-order valence-corrected chi connectivity index (χ1v) is 6.16. The van der Waals surface area contributed by atoms with Crippen LogP contribution in [0.3, 0.4) is 0 Å². The normalized spacial score (nSPS) is 23.8. The Hall–Kier alpha value is -0.440. The highest BCUT2D eigenvalue weighted by molar-refractivity contribution is 6.35. The summed E-state index contributed by atoms with van der Waals surface area (Å²) in [5, 5.41) is 1.33. The molecule has 1 aliphatic heterocycles. The van der Waals surface area contributed by atoms with Gasteiger partial charge in [0.15, 0.2) is 0 Å². The molecule has 0 aliphatic carbocycles. The minimum Gasteiger partial charge on any atom is -0.365 e. The molecule has 0 spiro atoms. The molecule has 0 saturated carbocycles. The van der Waals surface area contributed by atoms with Crippen molar-refractivity contribution in [3.05, 3.63) is 28.2 Å². The van der Waals surface area contributed by atoms with E-state index in [0.717, 1.165) is 18.7 Å². The topological polar surface area (TPSA) is 29.3 Å². The van der Waals surface area contributed by atoms with Gasteiger partial charge in [-0.15, -0.1) is 0 Å². The van der Waals surface area contributed by atoms with E-state index in [-0.39, 0.29) is 11.6 Å². The second kappa shape index (κ2) is 4.10. The van der Waals surface area contributed by atoms with Crippen LogP contribution < -0.4 is 10.6 Å². The van der Waals surface area contributed by atoms with Crippen LogP contribution in [0, 0.1) is 0 Å². The quantitative estimate of drug-likeness (QED) is 0.838. The summed E-state index contributed by atoms with van der Waals surface area (Å²) >= 11 is 12.0. The van der Waals surface area contributed by atoms with Gasteiger partial charge in [0.2, 0.25) is 0 Å². The molecular formula is C12H16Cl2N2. The van der Waals surface area contributed by atoms with Crippen LogP contribution in [0.15, 0.2) is 18.2 Å². The third kappa shape index (κ3) is 2.02. The average Bonchev–Trinajstić information content (AvgIpc) is 2.40. The highest BCUT2D eigenvalue weighted by Gasteiger charge is 2.39. The summed E-state index contributed by atoms with van der Waals surface area (Å²) < 4.78 is 0. The minimum atomic E-state index is -0.0476. The van der Waals surface area contributed by atoms with Crippen LogP contribution in [0.1, 0.15) is 20.3 Å². The Balaban J connectivity index is 2.38. The van der Waals surface area contributed by atoms with Crippen LogP contribution in [0.2, 0.25) is 10.0 Å². The van der Waals surface area contributed by atoms with Gasteiger partial charge in [0.25, 0.3) is 0 Å². The molecule has 0 radical (unpaired) electrons. The Kier molecular flexibility index (Phi) is 3.08. The number of hydrogen-bond donors (Lipinski definition) is 1. The maximum absolute atomic E-state index is 6.11. The molecule has 1 aromatic rings. The summed E-state index contributed by atoms with van der Waals surface area (Å²) in [7, 11) is 0. The van der Waals surface area contributed by atoms with Gasteiger partial charge in [-0.2, -0.15) is 0 Å². The van der Waals surface area contributed by atoms with Crippen LogP contribution in [-0.4, -0.2) is 18.1 Å². The van der Waals surface area contributed by atoms with E-state index in [1.54, 1.807) is 6.07 Å². The molecule has 2 rings (SSSR count). The average molecular weight is 259 g/mol.